The predicted octanol–water partition coefficient (Wildman–Crippen LogP) is 1.84. The van der Waals surface area contributed by atoms with Gasteiger partial charge in [0.25, 0.3) is 0 Å². The molecule has 1 spiro atoms. The van der Waals surface area contributed by atoms with Crippen molar-refractivity contribution in [2.75, 3.05) is 52.5 Å². The number of allylic oxidation sites excluding steroid dienone is 1. The molecule has 5 aliphatic rings. The van der Waals surface area contributed by atoms with Crippen LogP contribution in [0.4, 0.5) is 0 Å². The number of fused-ring (bicyclic) bond motifs is 2. The van der Waals surface area contributed by atoms with Crippen molar-refractivity contribution < 1.29 is 38.5 Å². The molecular weight excluding hydrogens is 628 g/mol. The minimum atomic E-state index is -1.40. The topological polar surface area (TPSA) is 138 Å². The molecule has 5 heterocycles. The van der Waals surface area contributed by atoms with E-state index in [4.69, 9.17) is 14.2 Å². The van der Waals surface area contributed by atoms with Gasteiger partial charge in [0.05, 0.1) is 43.9 Å². The zero-order valence-corrected chi connectivity index (χ0v) is 28.7. The number of carbonyl (C=O) groups excluding carboxylic acids is 4. The molecule has 49 heavy (non-hydrogen) atoms. The van der Waals surface area contributed by atoms with Gasteiger partial charge in [-0.2, -0.15) is 0 Å². The van der Waals surface area contributed by atoms with Crippen LogP contribution >= 0.6 is 0 Å². The van der Waals surface area contributed by atoms with Gasteiger partial charge in [-0.25, -0.2) is 0 Å². The summed E-state index contributed by atoms with van der Waals surface area (Å²) in [5, 5.41) is 13.7. The number of benzene rings is 1. The smallest absolute Gasteiger partial charge is 0.313 e. The molecule has 3 amide bonds. The van der Waals surface area contributed by atoms with E-state index in [-0.39, 0.29) is 37.3 Å². The summed E-state index contributed by atoms with van der Waals surface area (Å²) in [6.45, 7) is 9.44. The van der Waals surface area contributed by atoms with Crippen molar-refractivity contribution in [3.05, 3.63) is 60.2 Å². The van der Waals surface area contributed by atoms with Crippen LogP contribution < -0.4 is 5.32 Å². The number of nitrogens with zero attached hydrogens (tertiary/aromatic N) is 3. The first-order valence-electron chi connectivity index (χ1n) is 17.8. The Morgan fingerprint density at radius 3 is 2.51 bits per heavy atom. The molecule has 5 aliphatic heterocycles. The molecule has 12 heteroatoms. The third-order valence-corrected chi connectivity index (χ3v) is 11.0. The number of hydrogen-bond acceptors (Lipinski definition) is 9. The minimum Gasteiger partial charge on any atom is -0.455 e. The summed E-state index contributed by atoms with van der Waals surface area (Å²) in [7, 11) is 0. The second-order valence-electron chi connectivity index (χ2n) is 14.0. The zero-order valence-electron chi connectivity index (χ0n) is 28.7. The lowest BCUT2D eigenvalue weighted by Gasteiger charge is -2.41. The summed E-state index contributed by atoms with van der Waals surface area (Å²) < 4.78 is 18.4. The third-order valence-electron chi connectivity index (χ3n) is 11.0. The Morgan fingerprint density at radius 2 is 1.80 bits per heavy atom. The summed E-state index contributed by atoms with van der Waals surface area (Å²) in [5.74, 6) is -3.67. The molecule has 9 atom stereocenters. The Balaban J connectivity index is 1.41. The van der Waals surface area contributed by atoms with E-state index in [2.05, 4.69) is 10.2 Å². The van der Waals surface area contributed by atoms with Gasteiger partial charge in [0.1, 0.15) is 23.7 Å². The summed E-state index contributed by atoms with van der Waals surface area (Å²) in [6, 6.07) is 6.91. The van der Waals surface area contributed by atoms with E-state index >= 15 is 0 Å². The largest absolute Gasteiger partial charge is 0.455 e. The zero-order chi connectivity index (χ0) is 34.7. The van der Waals surface area contributed by atoms with Crippen LogP contribution in [0.15, 0.2) is 54.6 Å². The van der Waals surface area contributed by atoms with Crippen LogP contribution in [-0.4, -0.2) is 126 Å². The van der Waals surface area contributed by atoms with Gasteiger partial charge in [-0.15, -0.1) is 0 Å². The number of aliphatic hydroxyl groups excluding tert-OH is 1. The van der Waals surface area contributed by atoms with Crippen LogP contribution in [0.25, 0.3) is 0 Å². The van der Waals surface area contributed by atoms with Gasteiger partial charge in [0.15, 0.2) is 0 Å². The van der Waals surface area contributed by atoms with Gasteiger partial charge in [0.2, 0.25) is 17.7 Å². The average Bonchev–Trinajstić information content (AvgIpc) is 3.76. The van der Waals surface area contributed by atoms with Gasteiger partial charge >= 0.3 is 5.97 Å². The quantitative estimate of drug-likeness (QED) is 0.312. The molecule has 5 bridgehead atoms. The molecule has 0 saturated carbocycles. The second-order valence-corrected chi connectivity index (χ2v) is 14.0. The van der Waals surface area contributed by atoms with Crippen molar-refractivity contribution in [3.63, 3.8) is 0 Å². The number of morpholine rings is 1. The normalized spacial score (nSPS) is 34.4. The van der Waals surface area contributed by atoms with E-state index in [9.17, 15) is 24.3 Å². The Hall–Kier alpha value is -3.58. The van der Waals surface area contributed by atoms with E-state index < -0.39 is 59.6 Å². The van der Waals surface area contributed by atoms with E-state index in [1.807, 2.05) is 56.3 Å². The Kier molecular flexibility index (Phi) is 10.9. The Bertz CT molecular complexity index is 1430. The van der Waals surface area contributed by atoms with Crippen molar-refractivity contribution in [2.45, 2.75) is 76.0 Å². The van der Waals surface area contributed by atoms with Crippen molar-refractivity contribution in [2.24, 2.45) is 17.8 Å². The number of likely N-dealkylation sites (tertiary alicyclic amines) is 1. The van der Waals surface area contributed by atoms with Crippen LogP contribution in [0.3, 0.4) is 0 Å². The van der Waals surface area contributed by atoms with Crippen LogP contribution in [-0.2, 0) is 33.4 Å². The molecule has 1 aromatic carbocycles. The molecule has 1 aromatic rings. The van der Waals surface area contributed by atoms with Gasteiger partial charge in [-0.3, -0.25) is 24.1 Å². The number of carbonyl (C=O) groups is 4. The number of esters is 1. The molecule has 3 fully saturated rings. The number of rotatable bonds is 8. The molecule has 3 saturated heterocycles. The Morgan fingerprint density at radius 1 is 1.04 bits per heavy atom. The Labute approximate surface area is 288 Å². The van der Waals surface area contributed by atoms with Crippen molar-refractivity contribution >= 4 is 23.7 Å². The number of ether oxygens (including phenoxy) is 3. The first kappa shape index (κ1) is 35.3. The van der Waals surface area contributed by atoms with Gasteiger partial charge in [-0.1, -0.05) is 74.9 Å². The molecule has 12 nitrogen and oxygen atoms in total. The van der Waals surface area contributed by atoms with Crippen LogP contribution in [0.5, 0.6) is 0 Å². The van der Waals surface area contributed by atoms with Crippen molar-refractivity contribution in [3.8, 4) is 0 Å². The fourth-order valence-corrected chi connectivity index (χ4v) is 8.12. The van der Waals surface area contributed by atoms with Crippen molar-refractivity contribution in [1.29, 1.82) is 0 Å². The van der Waals surface area contributed by atoms with Gasteiger partial charge in [0, 0.05) is 39.1 Å². The molecule has 0 aromatic heterocycles. The van der Waals surface area contributed by atoms with Crippen molar-refractivity contribution in [1.82, 2.24) is 20.0 Å². The molecule has 266 valence electrons. The molecule has 6 rings (SSSR count). The first-order chi connectivity index (χ1) is 23.7. The lowest BCUT2D eigenvalue weighted by atomic mass is 9.74. The molecule has 0 radical (unpaired) electrons. The molecule has 0 unspecified atom stereocenters. The highest BCUT2D eigenvalue weighted by molar-refractivity contribution is 5.99. The summed E-state index contributed by atoms with van der Waals surface area (Å²) in [6.07, 6.45) is 7.11. The predicted molar refractivity (Wildman–Crippen MR) is 180 cm³/mol. The highest BCUT2D eigenvalue weighted by Crippen LogP contribution is 2.56. The van der Waals surface area contributed by atoms with Crippen LogP contribution in [0.1, 0.15) is 51.7 Å². The minimum absolute atomic E-state index is 0.127. The van der Waals surface area contributed by atoms with E-state index in [0.29, 0.717) is 44.7 Å². The van der Waals surface area contributed by atoms with E-state index in [1.54, 1.807) is 24.0 Å². The number of aliphatic hydroxyl groups is 1. The molecular formula is C37H50N4O8. The number of hydrogen-bond donors (Lipinski definition) is 2. The molecule has 0 aliphatic carbocycles. The highest BCUT2D eigenvalue weighted by atomic mass is 16.6. The SMILES string of the molecule is CC[C@H](C)[C@H](CO)N1C(=O)[C@@H]2[C@H]3C(=O)O[C@@H](c4ccccc4)[C@H](C)NC(=O)CC/C=C\CN(CCN4CCOCC4)C(=O)[C@@H]1[C@]21C=C[C@H]3O1. The summed E-state index contributed by atoms with van der Waals surface area (Å²) in [5.41, 5.74) is -0.698. The fourth-order valence-electron chi connectivity index (χ4n) is 8.12. The summed E-state index contributed by atoms with van der Waals surface area (Å²) in [4.78, 5) is 62.6. The maximum absolute atomic E-state index is 15.0. The standard InChI is InChI=1S/C37H50N4O8/c1-4-24(2)27(23-42)41-33-35(45)40(18-17-39-19-21-47-22-20-39)16-10-6-9-13-29(43)38-25(3)32(26-11-7-5-8-12-26)48-36(46)30-28-14-15-37(33,49-28)31(30)34(41)44/h5-8,10-12,14-15,24-25,27-28,30-33,42H,4,9,13,16-23H2,1-3H3,(H,38,43)/b10-6-/t24-,25-,27-,28+,30-,31-,32+,33+,37-/m0/s1. The second kappa shape index (κ2) is 15.1. The molecule has 2 N–H and O–H groups in total. The third kappa shape index (κ3) is 6.80. The number of amides is 3. The highest BCUT2D eigenvalue weighted by Gasteiger charge is 2.74. The van der Waals surface area contributed by atoms with Gasteiger partial charge in [-0.05, 0) is 24.8 Å². The van der Waals surface area contributed by atoms with Gasteiger partial charge < -0.3 is 34.4 Å². The first-order valence-corrected chi connectivity index (χ1v) is 17.8. The maximum Gasteiger partial charge on any atom is 0.313 e. The average molecular weight is 679 g/mol. The lowest BCUT2D eigenvalue weighted by molar-refractivity contribution is -0.162. The lowest BCUT2D eigenvalue weighted by Crippen LogP contribution is -2.60. The number of cyclic esters (lactones) is 1. The maximum atomic E-state index is 15.0. The monoisotopic (exact) mass is 678 g/mol. The number of nitrogens with one attached hydrogen (secondary N) is 1. The van der Waals surface area contributed by atoms with Crippen LogP contribution in [0.2, 0.25) is 0 Å². The van der Waals surface area contributed by atoms with E-state index in [0.717, 1.165) is 13.1 Å². The fraction of sp³-hybridized carbons (Fsp3) is 0.622. The van der Waals surface area contributed by atoms with Crippen LogP contribution in [0, 0.1) is 17.8 Å². The summed E-state index contributed by atoms with van der Waals surface area (Å²) >= 11 is 0. The van der Waals surface area contributed by atoms with E-state index in [1.165, 1.54) is 4.90 Å².